The van der Waals surface area contributed by atoms with Gasteiger partial charge in [-0.2, -0.15) is 0 Å². The third kappa shape index (κ3) is 4.46. The maximum absolute atomic E-state index is 9.27. The van der Waals surface area contributed by atoms with E-state index >= 15 is 0 Å². The number of ether oxygens (including phenoxy) is 1. The lowest BCUT2D eigenvalue weighted by Crippen LogP contribution is -2.35. The second-order valence-electron chi connectivity index (χ2n) is 7.09. The Kier molecular flexibility index (Phi) is 5.92. The van der Waals surface area contributed by atoms with Gasteiger partial charge in [-0.25, -0.2) is 0 Å². The average molecular weight is 318 g/mol. The van der Waals surface area contributed by atoms with Gasteiger partial charge in [0.2, 0.25) is 0 Å². The Bertz CT molecular complexity index is 463. The van der Waals surface area contributed by atoms with Gasteiger partial charge in [-0.15, -0.1) is 0 Å². The quantitative estimate of drug-likeness (QED) is 0.811. The monoisotopic (exact) mass is 318 g/mol. The number of nitrogens with one attached hydrogen (secondary N) is 1. The van der Waals surface area contributed by atoms with E-state index in [0.29, 0.717) is 0 Å². The number of benzene rings is 1. The van der Waals surface area contributed by atoms with Crippen molar-refractivity contribution >= 4 is 5.69 Å². The van der Waals surface area contributed by atoms with Crippen LogP contribution in [0.25, 0.3) is 0 Å². The van der Waals surface area contributed by atoms with E-state index in [4.69, 9.17) is 4.74 Å². The predicted molar refractivity (Wildman–Crippen MR) is 93.8 cm³/mol. The van der Waals surface area contributed by atoms with Crippen LogP contribution < -0.4 is 10.2 Å². The van der Waals surface area contributed by atoms with Crippen molar-refractivity contribution in [1.82, 2.24) is 5.32 Å². The molecule has 2 N–H and O–H groups in total. The van der Waals surface area contributed by atoms with Gasteiger partial charge in [-0.1, -0.05) is 12.1 Å². The minimum absolute atomic E-state index is 0.127. The van der Waals surface area contributed by atoms with Crippen molar-refractivity contribution in [2.75, 3.05) is 44.4 Å². The SMILES string of the molecule is OCCC1(CNCc2ccc(N3CCCCC3)cc2)CCOC1. The number of aliphatic hydroxyl groups is 1. The van der Waals surface area contributed by atoms with Gasteiger partial charge in [0.05, 0.1) is 6.61 Å². The van der Waals surface area contributed by atoms with Gasteiger partial charge in [0.15, 0.2) is 0 Å². The highest BCUT2D eigenvalue weighted by Crippen LogP contribution is 2.31. The number of anilines is 1. The lowest BCUT2D eigenvalue weighted by Gasteiger charge is -2.29. The van der Waals surface area contributed by atoms with Crippen molar-refractivity contribution in [3.63, 3.8) is 0 Å². The Balaban J connectivity index is 1.48. The van der Waals surface area contributed by atoms with Crippen molar-refractivity contribution in [3.8, 4) is 0 Å². The van der Waals surface area contributed by atoms with Crippen molar-refractivity contribution in [1.29, 1.82) is 0 Å². The zero-order valence-electron chi connectivity index (χ0n) is 14.1. The molecule has 0 amide bonds. The van der Waals surface area contributed by atoms with Crippen LogP contribution in [-0.4, -0.2) is 44.6 Å². The van der Waals surface area contributed by atoms with Crippen LogP contribution >= 0.6 is 0 Å². The summed E-state index contributed by atoms with van der Waals surface area (Å²) in [6.45, 7) is 6.04. The summed E-state index contributed by atoms with van der Waals surface area (Å²) in [4.78, 5) is 2.49. The molecule has 0 radical (unpaired) electrons. The molecule has 23 heavy (non-hydrogen) atoms. The second-order valence-corrected chi connectivity index (χ2v) is 7.09. The van der Waals surface area contributed by atoms with E-state index in [2.05, 4.69) is 34.5 Å². The minimum atomic E-state index is 0.127. The zero-order chi connectivity index (χ0) is 16.0. The molecule has 0 aliphatic carbocycles. The molecule has 2 heterocycles. The third-order valence-electron chi connectivity index (χ3n) is 5.31. The van der Waals surface area contributed by atoms with E-state index < -0.39 is 0 Å². The van der Waals surface area contributed by atoms with E-state index in [9.17, 15) is 5.11 Å². The fourth-order valence-corrected chi connectivity index (χ4v) is 3.76. The number of hydrogen-bond donors (Lipinski definition) is 2. The Labute approximate surface area is 139 Å². The van der Waals surface area contributed by atoms with Crippen molar-refractivity contribution in [3.05, 3.63) is 29.8 Å². The molecule has 3 rings (SSSR count). The first-order valence-corrected chi connectivity index (χ1v) is 9.05. The molecule has 1 aromatic rings. The van der Waals surface area contributed by atoms with Crippen LogP contribution in [0.2, 0.25) is 0 Å². The van der Waals surface area contributed by atoms with Crippen molar-refractivity contribution < 1.29 is 9.84 Å². The standard InChI is InChI=1S/C19H30N2O2/c22-12-8-19(9-13-23-16-19)15-20-14-17-4-6-18(7-5-17)21-10-2-1-3-11-21/h4-7,20,22H,1-3,8-16H2. The molecule has 2 aliphatic heterocycles. The van der Waals surface area contributed by atoms with Crippen molar-refractivity contribution in [2.24, 2.45) is 5.41 Å². The van der Waals surface area contributed by atoms with Crippen LogP contribution in [0.1, 0.15) is 37.7 Å². The summed E-state index contributed by atoms with van der Waals surface area (Å²) in [6.07, 6.45) is 5.89. The van der Waals surface area contributed by atoms with Crippen LogP contribution in [0.5, 0.6) is 0 Å². The Morgan fingerprint density at radius 2 is 1.91 bits per heavy atom. The van der Waals surface area contributed by atoms with Gasteiger partial charge >= 0.3 is 0 Å². The fraction of sp³-hybridized carbons (Fsp3) is 0.684. The largest absolute Gasteiger partial charge is 0.396 e. The second kappa shape index (κ2) is 8.13. The lowest BCUT2D eigenvalue weighted by atomic mass is 9.84. The maximum atomic E-state index is 9.27. The Morgan fingerprint density at radius 1 is 1.13 bits per heavy atom. The number of aliphatic hydroxyl groups excluding tert-OH is 1. The number of rotatable bonds is 7. The van der Waals surface area contributed by atoms with Gasteiger partial charge < -0.3 is 20.1 Å². The molecule has 0 bridgehead atoms. The maximum Gasteiger partial charge on any atom is 0.0536 e. The Hall–Kier alpha value is -1.10. The normalized spacial score (nSPS) is 25.0. The van der Waals surface area contributed by atoms with E-state index in [0.717, 1.165) is 39.1 Å². The molecule has 1 aromatic carbocycles. The smallest absolute Gasteiger partial charge is 0.0536 e. The summed E-state index contributed by atoms with van der Waals surface area (Å²) in [7, 11) is 0. The highest BCUT2D eigenvalue weighted by atomic mass is 16.5. The highest BCUT2D eigenvalue weighted by Gasteiger charge is 2.33. The molecule has 0 aromatic heterocycles. The molecule has 2 saturated heterocycles. The summed E-state index contributed by atoms with van der Waals surface area (Å²) in [5, 5.41) is 12.8. The molecule has 1 unspecified atom stereocenters. The van der Waals surface area contributed by atoms with Gasteiger partial charge in [-0.3, -0.25) is 0 Å². The number of nitrogens with zero attached hydrogens (tertiary/aromatic N) is 1. The zero-order valence-corrected chi connectivity index (χ0v) is 14.1. The molecule has 4 nitrogen and oxygen atoms in total. The summed E-state index contributed by atoms with van der Waals surface area (Å²) in [5.41, 5.74) is 2.81. The van der Waals surface area contributed by atoms with Crippen LogP contribution in [0.4, 0.5) is 5.69 Å². The fourth-order valence-electron chi connectivity index (χ4n) is 3.76. The summed E-state index contributed by atoms with van der Waals surface area (Å²) < 4.78 is 5.54. The summed E-state index contributed by atoms with van der Waals surface area (Å²) in [6, 6.07) is 8.98. The van der Waals surface area contributed by atoms with Crippen LogP contribution in [0.3, 0.4) is 0 Å². The average Bonchev–Trinajstić information content (AvgIpc) is 3.05. The predicted octanol–water partition coefficient (Wildman–Crippen LogP) is 2.56. The van der Waals surface area contributed by atoms with Crippen LogP contribution in [0, 0.1) is 5.41 Å². The lowest BCUT2D eigenvalue weighted by molar-refractivity contribution is 0.124. The Morgan fingerprint density at radius 3 is 2.57 bits per heavy atom. The van der Waals surface area contributed by atoms with Crippen LogP contribution in [-0.2, 0) is 11.3 Å². The van der Waals surface area contributed by atoms with Gasteiger partial charge in [0.25, 0.3) is 0 Å². The molecule has 2 fully saturated rings. The third-order valence-corrected chi connectivity index (χ3v) is 5.31. The molecule has 0 saturated carbocycles. The number of piperidine rings is 1. The van der Waals surface area contributed by atoms with Crippen LogP contribution in [0.15, 0.2) is 24.3 Å². The van der Waals surface area contributed by atoms with Gasteiger partial charge in [0, 0.05) is 50.5 Å². The van der Waals surface area contributed by atoms with E-state index in [1.165, 1.54) is 43.6 Å². The molecule has 0 spiro atoms. The minimum Gasteiger partial charge on any atom is -0.396 e. The number of hydrogen-bond acceptors (Lipinski definition) is 4. The summed E-state index contributed by atoms with van der Waals surface area (Å²) in [5.74, 6) is 0. The first kappa shape index (κ1) is 16.7. The summed E-state index contributed by atoms with van der Waals surface area (Å²) >= 11 is 0. The van der Waals surface area contributed by atoms with E-state index in [1.54, 1.807) is 0 Å². The van der Waals surface area contributed by atoms with Gasteiger partial charge in [0.1, 0.15) is 0 Å². The van der Waals surface area contributed by atoms with E-state index in [1.807, 2.05) is 0 Å². The first-order valence-electron chi connectivity index (χ1n) is 9.05. The van der Waals surface area contributed by atoms with E-state index in [-0.39, 0.29) is 12.0 Å². The van der Waals surface area contributed by atoms with Gasteiger partial charge in [-0.05, 0) is 49.8 Å². The molecule has 1 atom stereocenters. The molecule has 4 heteroatoms. The van der Waals surface area contributed by atoms with Crippen molar-refractivity contribution in [2.45, 2.75) is 38.6 Å². The molecule has 2 aliphatic rings. The topological polar surface area (TPSA) is 44.7 Å². The highest BCUT2D eigenvalue weighted by molar-refractivity contribution is 5.47. The molecular formula is C19H30N2O2. The first-order chi connectivity index (χ1) is 11.3. The molecule has 128 valence electrons. The molecular weight excluding hydrogens is 288 g/mol.